The van der Waals surface area contributed by atoms with Crippen LogP contribution in [0.1, 0.15) is 29.6 Å². The number of benzene rings is 1. The highest BCUT2D eigenvalue weighted by molar-refractivity contribution is 5.94. The second-order valence-electron chi connectivity index (χ2n) is 6.90. The Hall–Kier alpha value is -0.810. The average Bonchev–Trinajstić information content (AvgIpc) is 3.18. The second kappa shape index (κ2) is 8.52. The molecule has 4 rings (SSSR count). The lowest BCUT2D eigenvalue weighted by molar-refractivity contribution is 0.0602. The number of halogens is 2. The summed E-state index contributed by atoms with van der Waals surface area (Å²) in [6.45, 7) is 5.42. The van der Waals surface area contributed by atoms with Gasteiger partial charge in [0.1, 0.15) is 0 Å². The van der Waals surface area contributed by atoms with Gasteiger partial charge in [-0.3, -0.25) is 9.69 Å². The molecule has 4 nitrogen and oxygen atoms in total. The van der Waals surface area contributed by atoms with E-state index in [9.17, 15) is 4.79 Å². The van der Waals surface area contributed by atoms with E-state index in [1.807, 2.05) is 35.2 Å². The van der Waals surface area contributed by atoms with Gasteiger partial charge >= 0.3 is 0 Å². The maximum atomic E-state index is 12.5. The van der Waals surface area contributed by atoms with Gasteiger partial charge in [0.05, 0.1) is 0 Å². The van der Waals surface area contributed by atoms with Crippen molar-refractivity contribution in [2.45, 2.75) is 31.3 Å². The number of hydrogen-bond acceptors (Lipinski definition) is 3. The summed E-state index contributed by atoms with van der Waals surface area (Å²) >= 11 is 0. The molecule has 1 amide bonds. The van der Waals surface area contributed by atoms with Crippen molar-refractivity contribution in [3.8, 4) is 0 Å². The Labute approximate surface area is 156 Å². The van der Waals surface area contributed by atoms with Gasteiger partial charge < -0.3 is 10.2 Å². The molecule has 3 saturated heterocycles. The van der Waals surface area contributed by atoms with Crippen LogP contribution in [-0.2, 0) is 0 Å². The van der Waals surface area contributed by atoms with E-state index in [1.54, 1.807) is 0 Å². The standard InChI is InChI=1S/C18H25N3O.2ClH/c22-18(14-4-2-1-3-5-14)20-9-7-16(8-10-20)21-11-6-15-12-19-13-17(15)21;;/h1-5,15-17,19H,6-13H2;2*1H/t15-,17+;;/m0../s1. The van der Waals surface area contributed by atoms with E-state index in [0.29, 0.717) is 6.04 Å². The van der Waals surface area contributed by atoms with Crippen LogP contribution >= 0.6 is 24.8 Å². The minimum absolute atomic E-state index is 0. The molecule has 0 bridgehead atoms. The maximum absolute atomic E-state index is 12.5. The maximum Gasteiger partial charge on any atom is 0.253 e. The molecular formula is C18H27Cl2N3O. The summed E-state index contributed by atoms with van der Waals surface area (Å²) in [6, 6.07) is 11.1. The van der Waals surface area contributed by atoms with Crippen LogP contribution in [0.25, 0.3) is 0 Å². The molecular weight excluding hydrogens is 345 g/mol. The molecule has 3 aliphatic rings. The van der Waals surface area contributed by atoms with E-state index in [2.05, 4.69) is 10.2 Å². The molecule has 3 aliphatic heterocycles. The molecule has 2 atom stereocenters. The summed E-state index contributed by atoms with van der Waals surface area (Å²) in [5.74, 6) is 1.06. The van der Waals surface area contributed by atoms with E-state index in [0.717, 1.165) is 50.0 Å². The Kier molecular flexibility index (Phi) is 6.93. The summed E-state index contributed by atoms with van der Waals surface area (Å²) < 4.78 is 0. The summed E-state index contributed by atoms with van der Waals surface area (Å²) in [4.78, 5) is 17.3. The largest absolute Gasteiger partial charge is 0.339 e. The molecule has 134 valence electrons. The van der Waals surface area contributed by atoms with Crippen LogP contribution in [0.5, 0.6) is 0 Å². The third-order valence-electron chi connectivity index (χ3n) is 5.73. The van der Waals surface area contributed by atoms with Gasteiger partial charge in [0, 0.05) is 37.3 Å². The first-order chi connectivity index (χ1) is 10.8. The lowest BCUT2D eigenvalue weighted by Gasteiger charge is -2.39. The highest BCUT2D eigenvalue weighted by Crippen LogP contribution is 2.32. The van der Waals surface area contributed by atoms with Crippen LogP contribution in [-0.4, -0.2) is 60.5 Å². The summed E-state index contributed by atoms with van der Waals surface area (Å²) in [7, 11) is 0. The van der Waals surface area contributed by atoms with Crippen molar-refractivity contribution in [1.29, 1.82) is 0 Å². The predicted octanol–water partition coefficient (Wildman–Crippen LogP) is 2.43. The Balaban J connectivity index is 0.00000104. The lowest BCUT2D eigenvalue weighted by Crippen LogP contribution is -2.49. The number of amides is 1. The topological polar surface area (TPSA) is 35.6 Å². The van der Waals surface area contributed by atoms with Gasteiger partial charge in [-0.15, -0.1) is 24.8 Å². The van der Waals surface area contributed by atoms with Gasteiger partial charge in [-0.25, -0.2) is 0 Å². The molecule has 1 aromatic carbocycles. The predicted molar refractivity (Wildman–Crippen MR) is 101 cm³/mol. The van der Waals surface area contributed by atoms with E-state index in [4.69, 9.17) is 0 Å². The molecule has 0 unspecified atom stereocenters. The van der Waals surface area contributed by atoms with Crippen LogP contribution in [0.15, 0.2) is 30.3 Å². The van der Waals surface area contributed by atoms with Gasteiger partial charge in [-0.2, -0.15) is 0 Å². The number of nitrogens with one attached hydrogen (secondary N) is 1. The van der Waals surface area contributed by atoms with E-state index in [-0.39, 0.29) is 30.7 Å². The highest BCUT2D eigenvalue weighted by Gasteiger charge is 2.41. The number of hydrogen-bond donors (Lipinski definition) is 1. The quantitative estimate of drug-likeness (QED) is 0.866. The molecule has 3 heterocycles. The fourth-order valence-electron chi connectivity index (χ4n) is 4.50. The molecule has 0 aromatic heterocycles. The molecule has 0 radical (unpaired) electrons. The summed E-state index contributed by atoms with van der Waals surface area (Å²) in [5.41, 5.74) is 0.821. The van der Waals surface area contributed by atoms with Gasteiger partial charge in [0.2, 0.25) is 0 Å². The SMILES string of the molecule is Cl.Cl.O=C(c1ccccc1)N1CCC(N2CC[C@H]3CNC[C@H]32)CC1. The molecule has 3 fully saturated rings. The van der Waals surface area contributed by atoms with Crippen molar-refractivity contribution in [1.82, 2.24) is 15.1 Å². The van der Waals surface area contributed by atoms with Crippen molar-refractivity contribution in [2.24, 2.45) is 5.92 Å². The number of carbonyl (C=O) groups excluding carboxylic acids is 1. The fraction of sp³-hybridized carbons (Fsp3) is 0.611. The molecule has 0 aliphatic carbocycles. The second-order valence-corrected chi connectivity index (χ2v) is 6.90. The van der Waals surface area contributed by atoms with Crippen molar-refractivity contribution in [3.63, 3.8) is 0 Å². The Morgan fingerprint density at radius 3 is 2.38 bits per heavy atom. The normalized spacial score (nSPS) is 27.2. The van der Waals surface area contributed by atoms with Crippen molar-refractivity contribution in [2.75, 3.05) is 32.7 Å². The van der Waals surface area contributed by atoms with Crippen LogP contribution in [0, 0.1) is 5.92 Å². The summed E-state index contributed by atoms with van der Waals surface area (Å²) in [5, 5.41) is 3.54. The first-order valence-electron chi connectivity index (χ1n) is 8.64. The molecule has 6 heteroatoms. The van der Waals surface area contributed by atoms with E-state index < -0.39 is 0 Å². The van der Waals surface area contributed by atoms with E-state index in [1.165, 1.54) is 19.5 Å². The molecule has 0 saturated carbocycles. The highest BCUT2D eigenvalue weighted by atomic mass is 35.5. The van der Waals surface area contributed by atoms with Crippen molar-refractivity contribution >= 4 is 30.7 Å². The Bertz CT molecular complexity index is 534. The zero-order valence-corrected chi connectivity index (χ0v) is 15.5. The zero-order valence-electron chi connectivity index (χ0n) is 13.9. The zero-order chi connectivity index (χ0) is 14.9. The molecule has 1 aromatic rings. The fourth-order valence-corrected chi connectivity index (χ4v) is 4.50. The van der Waals surface area contributed by atoms with Crippen LogP contribution in [0.4, 0.5) is 0 Å². The minimum atomic E-state index is 0. The monoisotopic (exact) mass is 371 g/mol. The smallest absolute Gasteiger partial charge is 0.253 e. The van der Waals surface area contributed by atoms with Crippen molar-refractivity contribution < 1.29 is 4.79 Å². The van der Waals surface area contributed by atoms with Gasteiger partial charge in [0.15, 0.2) is 0 Å². The summed E-state index contributed by atoms with van der Waals surface area (Å²) in [6.07, 6.45) is 3.60. The minimum Gasteiger partial charge on any atom is -0.339 e. The molecule has 1 N–H and O–H groups in total. The Morgan fingerprint density at radius 2 is 1.67 bits per heavy atom. The first kappa shape index (κ1) is 19.5. The van der Waals surface area contributed by atoms with E-state index >= 15 is 0 Å². The number of rotatable bonds is 2. The van der Waals surface area contributed by atoms with Gasteiger partial charge in [-0.1, -0.05) is 18.2 Å². The third kappa shape index (κ3) is 3.72. The van der Waals surface area contributed by atoms with Crippen LogP contribution < -0.4 is 5.32 Å². The van der Waals surface area contributed by atoms with Crippen LogP contribution in [0.2, 0.25) is 0 Å². The number of fused-ring (bicyclic) bond motifs is 1. The lowest BCUT2D eigenvalue weighted by atomic mass is 9.99. The number of nitrogens with zero attached hydrogens (tertiary/aromatic N) is 2. The molecule has 0 spiro atoms. The van der Waals surface area contributed by atoms with Gasteiger partial charge in [-0.05, 0) is 50.4 Å². The number of piperidine rings is 1. The first-order valence-corrected chi connectivity index (χ1v) is 8.64. The third-order valence-corrected chi connectivity index (χ3v) is 5.73. The number of likely N-dealkylation sites (tertiary alicyclic amines) is 2. The van der Waals surface area contributed by atoms with Gasteiger partial charge in [0.25, 0.3) is 5.91 Å². The number of carbonyl (C=O) groups is 1. The van der Waals surface area contributed by atoms with Crippen LogP contribution in [0.3, 0.4) is 0 Å². The van der Waals surface area contributed by atoms with Crippen molar-refractivity contribution in [3.05, 3.63) is 35.9 Å². The average molecular weight is 372 g/mol. The molecule has 24 heavy (non-hydrogen) atoms. The Morgan fingerprint density at radius 1 is 0.958 bits per heavy atom.